The quantitative estimate of drug-likeness (QED) is 0.463. The van der Waals surface area contributed by atoms with Gasteiger partial charge in [0.2, 0.25) is 0 Å². The molecule has 0 heterocycles. The highest BCUT2D eigenvalue weighted by molar-refractivity contribution is 9.08. The molecule has 0 spiro atoms. The topological polar surface area (TPSA) is 0 Å². The first-order chi connectivity index (χ1) is 8.69. The number of benzene rings is 1. The Labute approximate surface area is 128 Å². The summed E-state index contributed by atoms with van der Waals surface area (Å²) < 4.78 is 0. The van der Waals surface area contributed by atoms with Gasteiger partial charge < -0.3 is 0 Å². The van der Waals surface area contributed by atoms with Crippen molar-refractivity contribution in [2.24, 2.45) is 0 Å². The Bertz CT molecular complexity index is 298. The van der Waals surface area contributed by atoms with E-state index >= 15 is 0 Å². The van der Waals surface area contributed by atoms with Crippen LogP contribution in [-0.4, -0.2) is 15.7 Å². The third-order valence-electron chi connectivity index (χ3n) is 3.59. The van der Waals surface area contributed by atoms with Gasteiger partial charge in [-0.15, -0.1) is 0 Å². The van der Waals surface area contributed by atoms with Gasteiger partial charge in [0.05, 0.1) is 15.7 Å². The van der Waals surface area contributed by atoms with Crippen LogP contribution >= 0.6 is 28.6 Å². The van der Waals surface area contributed by atoms with Crippen LogP contribution in [0.3, 0.4) is 0 Å². The van der Waals surface area contributed by atoms with Crippen molar-refractivity contribution in [2.45, 2.75) is 50.4 Å². The van der Waals surface area contributed by atoms with Crippen molar-refractivity contribution in [1.29, 1.82) is 0 Å². The van der Waals surface area contributed by atoms with Gasteiger partial charge in [-0.05, 0) is 40.7 Å². The molecule has 1 rings (SSSR count). The molecule has 0 fully saturated rings. The molecule has 4 radical (unpaired) electrons. The fourth-order valence-electron chi connectivity index (χ4n) is 2.79. The molecular weight excluding hydrogens is 302 g/mol. The van der Waals surface area contributed by atoms with Crippen molar-refractivity contribution >= 4 is 44.3 Å². The maximum atomic E-state index is 5.95. The van der Waals surface area contributed by atoms with Crippen LogP contribution < -0.4 is 0 Å². The second-order valence-corrected chi connectivity index (χ2v) is 5.16. The van der Waals surface area contributed by atoms with E-state index < -0.39 is 0 Å². The van der Waals surface area contributed by atoms with Gasteiger partial charge >= 0.3 is 0 Å². The minimum absolute atomic E-state index is 0.547. The Morgan fingerprint density at radius 1 is 0.833 bits per heavy atom. The van der Waals surface area contributed by atoms with E-state index in [9.17, 15) is 0 Å². The largest absolute Gasteiger partial charge is 0.175 e. The Morgan fingerprint density at radius 2 is 1.28 bits per heavy atom. The lowest BCUT2D eigenvalue weighted by Gasteiger charge is -2.24. The molecule has 0 amide bonds. The van der Waals surface area contributed by atoms with Gasteiger partial charge in [0.1, 0.15) is 0 Å². The predicted molar refractivity (Wildman–Crippen MR) is 89.4 cm³/mol. The summed E-state index contributed by atoms with van der Waals surface area (Å²) in [5.41, 5.74) is 7.90. The van der Waals surface area contributed by atoms with Crippen molar-refractivity contribution in [2.75, 3.05) is 0 Å². The van der Waals surface area contributed by atoms with E-state index in [1.807, 2.05) is 0 Å². The molecule has 1 aromatic carbocycles. The third kappa shape index (κ3) is 2.85. The van der Waals surface area contributed by atoms with E-state index in [1.54, 1.807) is 0 Å². The molecule has 0 bridgehead atoms. The normalized spacial score (nSPS) is 10.9. The van der Waals surface area contributed by atoms with E-state index in [1.165, 1.54) is 33.4 Å². The summed E-state index contributed by atoms with van der Waals surface area (Å²) >= 11 is 8.10. The zero-order chi connectivity index (χ0) is 13.7. The van der Waals surface area contributed by atoms with E-state index in [0.717, 1.165) is 23.9 Å². The average molecular weight is 321 g/mol. The molecule has 0 atom stereocenters. The standard InChI is InChI=1S/C14H19B2BrS/c1-3-9-11(5-15)12(6-16)14(8-18)10(4-2)13(9)7-17/h18H,3-8H2,1-2H3. The minimum atomic E-state index is 0.547. The highest BCUT2D eigenvalue weighted by atomic mass is 79.9. The number of alkyl halides is 1. The molecule has 0 N–H and O–H groups in total. The van der Waals surface area contributed by atoms with E-state index in [0.29, 0.717) is 12.6 Å². The van der Waals surface area contributed by atoms with Crippen LogP contribution in [-0.2, 0) is 36.6 Å². The summed E-state index contributed by atoms with van der Waals surface area (Å²) in [5, 5.41) is 0.873. The van der Waals surface area contributed by atoms with Gasteiger partial charge in [-0.25, -0.2) is 0 Å². The summed E-state index contributed by atoms with van der Waals surface area (Å²) in [4.78, 5) is 0. The van der Waals surface area contributed by atoms with E-state index in [4.69, 9.17) is 15.7 Å². The monoisotopic (exact) mass is 320 g/mol. The van der Waals surface area contributed by atoms with E-state index in [-0.39, 0.29) is 0 Å². The molecule has 0 nitrogen and oxygen atoms in total. The lowest BCUT2D eigenvalue weighted by molar-refractivity contribution is 0.973. The molecule has 0 aromatic heterocycles. The van der Waals surface area contributed by atoms with Crippen LogP contribution in [0.2, 0.25) is 0 Å². The first kappa shape index (κ1) is 16.2. The molecule has 0 aliphatic carbocycles. The molecule has 1 aromatic rings. The molecule has 0 saturated heterocycles. The number of thiol groups is 1. The van der Waals surface area contributed by atoms with Crippen LogP contribution in [0.1, 0.15) is 47.2 Å². The summed E-state index contributed by atoms with van der Waals surface area (Å²) in [7, 11) is 11.9. The predicted octanol–water partition coefficient (Wildman–Crippen LogP) is 3.47. The zero-order valence-electron chi connectivity index (χ0n) is 11.2. The SMILES string of the molecule is [B]Cc1c(C[B])c(CS)c(CC)c(CBr)c1CC. The Hall–Kier alpha value is 0.180. The average Bonchev–Trinajstić information content (AvgIpc) is 2.43. The molecule has 0 unspecified atom stereocenters. The van der Waals surface area contributed by atoms with Gasteiger partial charge in [-0.1, -0.05) is 48.0 Å². The molecule has 0 aliphatic rings. The van der Waals surface area contributed by atoms with Gasteiger partial charge in [-0.3, -0.25) is 0 Å². The second kappa shape index (κ2) is 7.69. The highest BCUT2D eigenvalue weighted by Gasteiger charge is 2.18. The van der Waals surface area contributed by atoms with Gasteiger partial charge in [0.15, 0.2) is 0 Å². The third-order valence-corrected chi connectivity index (χ3v) is 4.47. The van der Waals surface area contributed by atoms with Crippen LogP contribution in [0.5, 0.6) is 0 Å². The van der Waals surface area contributed by atoms with Crippen LogP contribution in [0.15, 0.2) is 0 Å². The first-order valence-electron chi connectivity index (χ1n) is 6.44. The van der Waals surface area contributed by atoms with Crippen molar-refractivity contribution in [3.05, 3.63) is 33.4 Å². The van der Waals surface area contributed by atoms with Crippen molar-refractivity contribution in [3.63, 3.8) is 0 Å². The molecule has 0 aliphatic heterocycles. The molecule has 18 heavy (non-hydrogen) atoms. The van der Waals surface area contributed by atoms with Crippen molar-refractivity contribution in [3.8, 4) is 0 Å². The Balaban J connectivity index is 3.71. The van der Waals surface area contributed by atoms with Gasteiger partial charge in [0, 0.05) is 11.1 Å². The van der Waals surface area contributed by atoms with Gasteiger partial charge in [0.25, 0.3) is 0 Å². The summed E-state index contributed by atoms with van der Waals surface area (Å²) in [6.45, 7) is 4.37. The van der Waals surface area contributed by atoms with Crippen LogP contribution in [0.25, 0.3) is 0 Å². The number of halogens is 1. The number of hydrogen-bond acceptors (Lipinski definition) is 1. The lowest BCUT2D eigenvalue weighted by atomic mass is 9.77. The van der Waals surface area contributed by atoms with Crippen molar-refractivity contribution < 1.29 is 0 Å². The summed E-state index contributed by atoms with van der Waals surface area (Å²) in [5.74, 6) is 0.729. The number of hydrogen-bond donors (Lipinski definition) is 1. The van der Waals surface area contributed by atoms with Crippen molar-refractivity contribution in [1.82, 2.24) is 0 Å². The minimum Gasteiger partial charge on any atom is -0.175 e. The Morgan fingerprint density at radius 3 is 1.61 bits per heavy atom. The van der Waals surface area contributed by atoms with Crippen LogP contribution in [0.4, 0.5) is 0 Å². The fraction of sp³-hybridized carbons (Fsp3) is 0.571. The molecule has 0 saturated carbocycles. The maximum absolute atomic E-state index is 5.95. The lowest BCUT2D eigenvalue weighted by Crippen LogP contribution is -2.12. The molecule has 4 heteroatoms. The molecular formula is C14H19B2BrS. The van der Waals surface area contributed by atoms with Crippen LogP contribution in [0, 0.1) is 0 Å². The maximum Gasteiger partial charge on any atom is 0.0716 e. The van der Waals surface area contributed by atoms with E-state index in [2.05, 4.69) is 42.4 Å². The smallest absolute Gasteiger partial charge is 0.0716 e. The first-order valence-corrected chi connectivity index (χ1v) is 8.19. The summed E-state index contributed by atoms with van der Waals surface area (Å²) in [6.07, 6.45) is 3.12. The number of rotatable bonds is 6. The Kier molecular flexibility index (Phi) is 6.94. The fourth-order valence-corrected chi connectivity index (χ4v) is 3.85. The second-order valence-electron chi connectivity index (χ2n) is 4.28. The summed E-state index contributed by atoms with van der Waals surface area (Å²) in [6, 6.07) is 0. The molecule has 94 valence electrons. The highest BCUT2D eigenvalue weighted by Crippen LogP contribution is 2.32. The van der Waals surface area contributed by atoms with Gasteiger partial charge in [-0.2, -0.15) is 12.6 Å². The zero-order valence-corrected chi connectivity index (χ0v) is 13.7.